The molecule has 0 spiro atoms. The molecule has 0 radical (unpaired) electrons. The van der Waals surface area contributed by atoms with Crippen LogP contribution in [0.5, 0.6) is 0 Å². The van der Waals surface area contributed by atoms with Gasteiger partial charge in [-0.05, 0) is 18.6 Å². The highest BCUT2D eigenvalue weighted by Gasteiger charge is 2.33. The lowest BCUT2D eigenvalue weighted by atomic mass is 10.4. The van der Waals surface area contributed by atoms with Crippen molar-refractivity contribution in [2.45, 2.75) is 39.7 Å². The van der Waals surface area contributed by atoms with Gasteiger partial charge in [0, 0.05) is 0 Å². The van der Waals surface area contributed by atoms with Crippen molar-refractivity contribution in [1.29, 1.82) is 0 Å². The van der Waals surface area contributed by atoms with Crippen molar-refractivity contribution in [3.05, 3.63) is 12.3 Å². The molecule has 0 rings (SSSR count). The zero-order valence-electron chi connectivity index (χ0n) is 9.48. The van der Waals surface area contributed by atoms with E-state index in [2.05, 4.69) is 49.9 Å². The quantitative estimate of drug-likeness (QED) is 0.616. The van der Waals surface area contributed by atoms with Gasteiger partial charge in [0.1, 0.15) is 0 Å². The first kappa shape index (κ1) is 12.9. The third kappa shape index (κ3) is 3.25. The monoisotopic (exact) mass is 200 g/mol. The molecule has 0 aromatic rings. The largest absolute Gasteiger partial charge is 0.322 e. The molecular weight excluding hydrogens is 176 g/mol. The van der Waals surface area contributed by atoms with E-state index >= 15 is 0 Å². The summed E-state index contributed by atoms with van der Waals surface area (Å²) in [5.74, 6) is 0. The molecule has 0 saturated heterocycles. The van der Waals surface area contributed by atoms with Gasteiger partial charge in [0.25, 0.3) is 0 Å². The maximum Gasteiger partial charge on any atom is 0.229 e. The third-order valence-corrected chi connectivity index (χ3v) is 7.13. The first-order chi connectivity index (χ1) is 6.16. The van der Waals surface area contributed by atoms with Gasteiger partial charge < -0.3 is 9.96 Å². The Balaban J connectivity index is 4.51. The molecule has 1 unspecified atom stereocenters. The molecule has 3 heteroatoms. The Kier molecular flexibility index (Phi) is 6.29. The average Bonchev–Trinajstić information content (AvgIpc) is 2.16. The lowest BCUT2D eigenvalue weighted by Crippen LogP contribution is -2.63. The standard InChI is InChI=1S/C10H24N2Si/c1-6-10(5)13(9-4,11-7-2)12-8-3/h9-12H,4,6-8H2,1-3,5H3. The molecular formula is C10H24N2Si. The number of hydrogen-bond acceptors (Lipinski definition) is 2. The van der Waals surface area contributed by atoms with E-state index in [1.807, 2.05) is 0 Å². The molecule has 0 aromatic heterocycles. The van der Waals surface area contributed by atoms with Crippen LogP contribution in [0.1, 0.15) is 34.1 Å². The molecule has 2 nitrogen and oxygen atoms in total. The molecule has 0 amide bonds. The second-order valence-corrected chi connectivity index (χ2v) is 7.28. The van der Waals surface area contributed by atoms with Crippen LogP contribution in [0.15, 0.2) is 12.3 Å². The minimum Gasteiger partial charge on any atom is -0.322 e. The van der Waals surface area contributed by atoms with Crippen LogP contribution in [0.4, 0.5) is 0 Å². The van der Waals surface area contributed by atoms with E-state index in [1.165, 1.54) is 6.42 Å². The van der Waals surface area contributed by atoms with Crippen molar-refractivity contribution in [2.75, 3.05) is 13.1 Å². The SMILES string of the molecule is C=C[Si](NCC)(NCC)C(C)CC. The maximum atomic E-state index is 3.98. The van der Waals surface area contributed by atoms with Crippen LogP contribution in [0.2, 0.25) is 5.54 Å². The van der Waals surface area contributed by atoms with E-state index in [0.29, 0.717) is 5.54 Å². The van der Waals surface area contributed by atoms with Crippen LogP contribution in [-0.2, 0) is 0 Å². The lowest BCUT2D eigenvalue weighted by Gasteiger charge is -2.34. The van der Waals surface area contributed by atoms with Gasteiger partial charge in [-0.25, -0.2) is 0 Å². The van der Waals surface area contributed by atoms with Gasteiger partial charge in [-0.15, -0.1) is 6.58 Å². The second kappa shape index (κ2) is 6.35. The molecule has 0 saturated carbocycles. The van der Waals surface area contributed by atoms with Crippen LogP contribution in [0.25, 0.3) is 0 Å². The fraction of sp³-hybridized carbons (Fsp3) is 0.800. The molecule has 0 aliphatic rings. The molecule has 0 aliphatic carbocycles. The molecule has 0 heterocycles. The average molecular weight is 200 g/mol. The zero-order valence-corrected chi connectivity index (χ0v) is 10.5. The molecule has 0 bridgehead atoms. The second-order valence-electron chi connectivity index (χ2n) is 3.44. The molecule has 0 aromatic carbocycles. The van der Waals surface area contributed by atoms with Gasteiger partial charge in [-0.1, -0.05) is 39.8 Å². The van der Waals surface area contributed by atoms with Crippen molar-refractivity contribution in [2.24, 2.45) is 0 Å². The van der Waals surface area contributed by atoms with Crippen LogP contribution in [-0.4, -0.2) is 21.5 Å². The first-order valence-electron chi connectivity index (χ1n) is 5.30. The maximum absolute atomic E-state index is 3.98. The summed E-state index contributed by atoms with van der Waals surface area (Å²) in [6, 6.07) is 0. The predicted octanol–water partition coefficient (Wildman–Crippen LogP) is 2.17. The van der Waals surface area contributed by atoms with Gasteiger partial charge in [0.05, 0.1) is 0 Å². The van der Waals surface area contributed by atoms with Gasteiger partial charge in [0.2, 0.25) is 8.40 Å². The van der Waals surface area contributed by atoms with Crippen molar-refractivity contribution in [3.63, 3.8) is 0 Å². The third-order valence-electron chi connectivity index (χ3n) is 2.65. The fourth-order valence-electron chi connectivity index (χ4n) is 1.66. The van der Waals surface area contributed by atoms with Gasteiger partial charge >= 0.3 is 0 Å². The summed E-state index contributed by atoms with van der Waals surface area (Å²) < 4.78 is 0. The number of hydrogen-bond donors (Lipinski definition) is 2. The minimum atomic E-state index is -1.61. The Labute approximate surface area is 84.0 Å². The van der Waals surface area contributed by atoms with E-state index < -0.39 is 8.40 Å². The molecule has 1 atom stereocenters. The summed E-state index contributed by atoms with van der Waals surface area (Å²) >= 11 is 0. The van der Waals surface area contributed by atoms with E-state index in [9.17, 15) is 0 Å². The van der Waals surface area contributed by atoms with Crippen LogP contribution < -0.4 is 9.96 Å². The van der Waals surface area contributed by atoms with E-state index in [0.717, 1.165) is 13.1 Å². The summed E-state index contributed by atoms with van der Waals surface area (Å²) in [7, 11) is -1.61. The van der Waals surface area contributed by atoms with Crippen molar-refractivity contribution in [3.8, 4) is 0 Å². The number of nitrogens with one attached hydrogen (secondary N) is 2. The summed E-state index contributed by atoms with van der Waals surface area (Å²) in [6.07, 6.45) is 1.21. The highest BCUT2D eigenvalue weighted by molar-refractivity contribution is 6.81. The normalized spacial score (nSPS) is 14.2. The summed E-state index contributed by atoms with van der Waals surface area (Å²) in [5.41, 5.74) is 2.83. The molecule has 2 N–H and O–H groups in total. The van der Waals surface area contributed by atoms with Gasteiger partial charge in [-0.3, -0.25) is 0 Å². The highest BCUT2D eigenvalue weighted by Crippen LogP contribution is 2.20. The van der Waals surface area contributed by atoms with Crippen LogP contribution in [0.3, 0.4) is 0 Å². The Morgan fingerprint density at radius 3 is 1.92 bits per heavy atom. The number of rotatable bonds is 7. The predicted molar refractivity (Wildman–Crippen MR) is 63.0 cm³/mol. The van der Waals surface area contributed by atoms with E-state index in [-0.39, 0.29) is 0 Å². The van der Waals surface area contributed by atoms with Crippen molar-refractivity contribution >= 4 is 8.40 Å². The highest BCUT2D eigenvalue weighted by atomic mass is 28.3. The first-order valence-corrected chi connectivity index (χ1v) is 7.45. The molecule has 0 aliphatic heterocycles. The van der Waals surface area contributed by atoms with Crippen LogP contribution in [0, 0.1) is 0 Å². The lowest BCUT2D eigenvalue weighted by molar-refractivity contribution is 0.749. The topological polar surface area (TPSA) is 24.1 Å². The summed E-state index contributed by atoms with van der Waals surface area (Å²) in [4.78, 5) is 7.21. The fourth-order valence-corrected chi connectivity index (χ4v) is 4.99. The van der Waals surface area contributed by atoms with Gasteiger partial charge in [0.15, 0.2) is 0 Å². The Morgan fingerprint density at radius 1 is 1.23 bits per heavy atom. The Bertz CT molecular complexity index is 142. The van der Waals surface area contributed by atoms with E-state index in [4.69, 9.17) is 0 Å². The van der Waals surface area contributed by atoms with E-state index in [1.54, 1.807) is 0 Å². The minimum absolute atomic E-state index is 0.699. The molecule has 78 valence electrons. The van der Waals surface area contributed by atoms with Crippen molar-refractivity contribution < 1.29 is 0 Å². The van der Waals surface area contributed by atoms with Gasteiger partial charge in [-0.2, -0.15) is 0 Å². The van der Waals surface area contributed by atoms with Crippen molar-refractivity contribution in [1.82, 2.24) is 9.96 Å². The molecule has 13 heavy (non-hydrogen) atoms. The smallest absolute Gasteiger partial charge is 0.229 e. The summed E-state index contributed by atoms with van der Waals surface area (Å²) in [5, 5.41) is 0. The summed E-state index contributed by atoms with van der Waals surface area (Å²) in [6.45, 7) is 14.9. The van der Waals surface area contributed by atoms with Crippen LogP contribution >= 0.6 is 0 Å². The zero-order chi connectivity index (χ0) is 10.3. The molecule has 0 fully saturated rings. The Morgan fingerprint density at radius 2 is 1.69 bits per heavy atom. The Hall–Kier alpha value is -0.123.